The summed E-state index contributed by atoms with van der Waals surface area (Å²) in [5, 5.41) is 2.48. The van der Waals surface area contributed by atoms with E-state index in [4.69, 9.17) is 9.47 Å². The van der Waals surface area contributed by atoms with Crippen LogP contribution in [0.3, 0.4) is 0 Å². The summed E-state index contributed by atoms with van der Waals surface area (Å²) >= 11 is 0. The molecule has 15 heavy (non-hydrogen) atoms. The van der Waals surface area contributed by atoms with Gasteiger partial charge in [-0.05, 0) is 11.3 Å². The lowest BCUT2D eigenvalue weighted by atomic mass is 9.91. The monoisotopic (exact) mass is 198 g/mol. The zero-order chi connectivity index (χ0) is 9.88. The Hall–Kier alpha value is -1.54. The van der Waals surface area contributed by atoms with Gasteiger partial charge in [-0.15, -0.1) is 0 Å². The zero-order valence-corrected chi connectivity index (χ0v) is 8.19. The highest BCUT2D eigenvalue weighted by molar-refractivity contribution is 5.78. The van der Waals surface area contributed by atoms with Crippen LogP contribution >= 0.6 is 0 Å². The van der Waals surface area contributed by atoms with Crippen molar-refractivity contribution in [2.45, 2.75) is 5.60 Å². The normalized spacial score (nSPS) is 30.1. The fourth-order valence-corrected chi connectivity index (χ4v) is 2.48. The van der Waals surface area contributed by atoms with Crippen LogP contribution in [0.4, 0.5) is 0 Å². The predicted octanol–water partition coefficient (Wildman–Crippen LogP) is 0.315. The SMILES string of the molecule is C1=C2C=c3ccccc3=C3OC23COC1. The van der Waals surface area contributed by atoms with Crippen LogP contribution < -0.4 is 10.4 Å². The van der Waals surface area contributed by atoms with Crippen molar-refractivity contribution in [3.8, 4) is 0 Å². The van der Waals surface area contributed by atoms with E-state index in [1.807, 2.05) is 6.07 Å². The Kier molecular flexibility index (Phi) is 1.20. The zero-order valence-electron chi connectivity index (χ0n) is 8.19. The summed E-state index contributed by atoms with van der Waals surface area (Å²) in [7, 11) is 0. The largest absolute Gasteiger partial charge is 0.471 e. The third-order valence-electron chi connectivity index (χ3n) is 3.31. The summed E-state index contributed by atoms with van der Waals surface area (Å²) in [4.78, 5) is 0. The first-order valence-corrected chi connectivity index (χ1v) is 5.19. The third-order valence-corrected chi connectivity index (χ3v) is 3.31. The molecule has 0 bridgehead atoms. The number of fused-ring (bicyclic) bond motifs is 1. The molecule has 0 saturated carbocycles. The maximum atomic E-state index is 5.79. The fraction of sp³-hybridized carbons (Fsp3) is 0.231. The highest BCUT2D eigenvalue weighted by atomic mass is 16.6. The predicted molar refractivity (Wildman–Crippen MR) is 56.3 cm³/mol. The minimum absolute atomic E-state index is 0.216. The molecule has 1 unspecified atom stereocenters. The van der Waals surface area contributed by atoms with Gasteiger partial charge in [0.1, 0.15) is 0 Å². The number of epoxide rings is 1. The fourth-order valence-electron chi connectivity index (χ4n) is 2.48. The lowest BCUT2D eigenvalue weighted by molar-refractivity contribution is 0.100. The van der Waals surface area contributed by atoms with Gasteiger partial charge in [0.05, 0.1) is 13.2 Å². The average molecular weight is 198 g/mol. The maximum Gasteiger partial charge on any atom is 0.214 e. The van der Waals surface area contributed by atoms with E-state index < -0.39 is 0 Å². The molecule has 3 aliphatic rings. The second-order valence-corrected chi connectivity index (χ2v) is 4.16. The van der Waals surface area contributed by atoms with Crippen molar-refractivity contribution in [2.24, 2.45) is 0 Å². The van der Waals surface area contributed by atoms with E-state index in [1.54, 1.807) is 0 Å². The number of benzene rings is 1. The molecule has 4 rings (SSSR count). The molecule has 1 atom stereocenters. The Morgan fingerprint density at radius 2 is 2.13 bits per heavy atom. The molecular weight excluding hydrogens is 188 g/mol. The Morgan fingerprint density at radius 1 is 1.20 bits per heavy atom. The molecular formula is C13H10O2. The number of hydrogen-bond acceptors (Lipinski definition) is 2. The second kappa shape index (κ2) is 2.34. The van der Waals surface area contributed by atoms with Crippen molar-refractivity contribution in [3.63, 3.8) is 0 Å². The van der Waals surface area contributed by atoms with Crippen LogP contribution in [0, 0.1) is 0 Å². The quantitative estimate of drug-likeness (QED) is 0.560. The van der Waals surface area contributed by atoms with Gasteiger partial charge >= 0.3 is 0 Å². The van der Waals surface area contributed by atoms with E-state index >= 15 is 0 Å². The Morgan fingerprint density at radius 3 is 3.13 bits per heavy atom. The van der Waals surface area contributed by atoms with Crippen molar-refractivity contribution >= 4 is 11.8 Å². The molecule has 2 aliphatic heterocycles. The highest BCUT2D eigenvalue weighted by Gasteiger charge is 2.58. The Bertz CT molecular complexity index is 597. The van der Waals surface area contributed by atoms with Crippen LogP contribution in [0.2, 0.25) is 0 Å². The Labute approximate surface area is 87.1 Å². The summed E-state index contributed by atoms with van der Waals surface area (Å²) in [6, 6.07) is 8.35. The molecule has 0 amide bonds. The molecule has 1 saturated heterocycles. The highest BCUT2D eigenvalue weighted by Crippen LogP contribution is 2.50. The van der Waals surface area contributed by atoms with Crippen LogP contribution in [0.5, 0.6) is 0 Å². The van der Waals surface area contributed by atoms with Crippen LogP contribution in [0.25, 0.3) is 11.8 Å². The first-order chi connectivity index (χ1) is 7.40. The van der Waals surface area contributed by atoms with E-state index in [1.165, 1.54) is 16.0 Å². The van der Waals surface area contributed by atoms with E-state index in [0.29, 0.717) is 13.2 Å². The van der Waals surface area contributed by atoms with Crippen LogP contribution in [0.15, 0.2) is 35.9 Å². The van der Waals surface area contributed by atoms with Gasteiger partial charge in [-0.1, -0.05) is 30.3 Å². The van der Waals surface area contributed by atoms with Crippen LogP contribution in [0.1, 0.15) is 0 Å². The molecule has 0 radical (unpaired) electrons. The molecule has 1 aromatic carbocycles. The summed E-state index contributed by atoms with van der Waals surface area (Å²) < 4.78 is 11.2. The number of ether oxygens (including phenoxy) is 2. The average Bonchev–Trinajstić information content (AvgIpc) is 3.01. The van der Waals surface area contributed by atoms with Gasteiger partial charge in [0, 0.05) is 10.8 Å². The van der Waals surface area contributed by atoms with E-state index in [0.717, 1.165) is 5.76 Å². The summed E-state index contributed by atoms with van der Waals surface area (Å²) in [5.74, 6) is 1.09. The Balaban J connectivity index is 2.14. The van der Waals surface area contributed by atoms with Crippen LogP contribution in [-0.2, 0) is 9.47 Å². The maximum absolute atomic E-state index is 5.79. The molecule has 2 heteroatoms. The van der Waals surface area contributed by atoms with E-state index in [9.17, 15) is 0 Å². The summed E-state index contributed by atoms with van der Waals surface area (Å²) in [6.45, 7) is 1.37. The van der Waals surface area contributed by atoms with Gasteiger partial charge < -0.3 is 9.47 Å². The summed E-state index contributed by atoms with van der Waals surface area (Å²) in [6.07, 6.45) is 4.33. The first kappa shape index (κ1) is 7.71. The minimum atomic E-state index is -0.216. The molecule has 1 spiro atoms. The van der Waals surface area contributed by atoms with Gasteiger partial charge in [-0.25, -0.2) is 0 Å². The van der Waals surface area contributed by atoms with Crippen molar-refractivity contribution in [2.75, 3.05) is 13.2 Å². The minimum Gasteiger partial charge on any atom is -0.471 e. The molecule has 1 fully saturated rings. The van der Waals surface area contributed by atoms with E-state index in [2.05, 4.69) is 30.4 Å². The number of hydrogen-bond donors (Lipinski definition) is 0. The smallest absolute Gasteiger partial charge is 0.214 e. The van der Waals surface area contributed by atoms with Crippen molar-refractivity contribution in [1.29, 1.82) is 0 Å². The molecule has 1 aromatic rings. The molecule has 1 aliphatic carbocycles. The van der Waals surface area contributed by atoms with E-state index in [-0.39, 0.29) is 5.60 Å². The third kappa shape index (κ3) is 0.833. The topological polar surface area (TPSA) is 21.8 Å². The molecule has 2 heterocycles. The second-order valence-electron chi connectivity index (χ2n) is 4.16. The molecule has 0 N–H and O–H groups in total. The lowest BCUT2D eigenvalue weighted by Crippen LogP contribution is -2.35. The molecule has 74 valence electrons. The van der Waals surface area contributed by atoms with Crippen molar-refractivity contribution < 1.29 is 9.47 Å². The van der Waals surface area contributed by atoms with Gasteiger partial charge in [-0.2, -0.15) is 0 Å². The standard InChI is InChI=1S/C13H10O2/c1-2-4-11-9(3-1)7-10-5-6-14-8-13(10)12(11)15-13/h1-5,7H,6,8H2. The van der Waals surface area contributed by atoms with Gasteiger partial charge in [0.25, 0.3) is 0 Å². The number of rotatable bonds is 0. The van der Waals surface area contributed by atoms with Gasteiger partial charge in [0.2, 0.25) is 5.60 Å². The lowest BCUT2D eigenvalue weighted by Gasteiger charge is -2.18. The van der Waals surface area contributed by atoms with Crippen molar-refractivity contribution in [1.82, 2.24) is 0 Å². The molecule has 0 aromatic heterocycles. The summed E-state index contributed by atoms with van der Waals surface area (Å²) in [5.41, 5.74) is 1.05. The van der Waals surface area contributed by atoms with Gasteiger partial charge in [-0.3, -0.25) is 0 Å². The molecule has 2 nitrogen and oxygen atoms in total. The van der Waals surface area contributed by atoms with Crippen molar-refractivity contribution in [3.05, 3.63) is 46.4 Å². The van der Waals surface area contributed by atoms with Gasteiger partial charge in [0.15, 0.2) is 5.76 Å². The first-order valence-electron chi connectivity index (χ1n) is 5.19. The van der Waals surface area contributed by atoms with Crippen LogP contribution in [-0.4, -0.2) is 18.8 Å².